The highest BCUT2D eigenvalue weighted by Crippen LogP contribution is 2.25. The average molecular weight is 465 g/mol. The highest BCUT2D eigenvalue weighted by atomic mass is 19.1. The molecule has 0 saturated carbocycles. The van der Waals surface area contributed by atoms with Gasteiger partial charge in [-0.05, 0) is 53.6 Å². The number of halogens is 3. The molecule has 5 nitrogen and oxygen atoms in total. The zero-order valence-corrected chi connectivity index (χ0v) is 18.1. The summed E-state index contributed by atoms with van der Waals surface area (Å²) >= 11 is 0. The summed E-state index contributed by atoms with van der Waals surface area (Å²) < 4.78 is 42.6. The first-order valence-corrected chi connectivity index (χ1v) is 10.7. The minimum absolute atomic E-state index is 0.00638. The molecule has 0 aliphatic carbocycles. The van der Waals surface area contributed by atoms with E-state index in [0.717, 1.165) is 11.1 Å². The molecular formula is C26H22F3N3O2. The Bertz CT molecular complexity index is 1230. The molecule has 2 atom stereocenters. The monoisotopic (exact) mass is 465 g/mol. The highest BCUT2D eigenvalue weighted by molar-refractivity contribution is 6.19. The van der Waals surface area contributed by atoms with Crippen LogP contribution in [0.25, 0.3) is 5.57 Å². The van der Waals surface area contributed by atoms with Crippen LogP contribution >= 0.6 is 0 Å². The van der Waals surface area contributed by atoms with E-state index in [0.29, 0.717) is 5.69 Å². The van der Waals surface area contributed by atoms with Crippen molar-refractivity contribution < 1.29 is 23.1 Å². The molecule has 1 aromatic heterocycles. The van der Waals surface area contributed by atoms with Crippen molar-refractivity contribution in [2.45, 2.75) is 18.6 Å². The van der Waals surface area contributed by atoms with Crippen molar-refractivity contribution >= 4 is 17.2 Å². The number of alkyl halides is 1. The lowest BCUT2D eigenvalue weighted by Crippen LogP contribution is -2.45. The first-order chi connectivity index (χ1) is 16.5. The van der Waals surface area contributed by atoms with Gasteiger partial charge in [-0.3, -0.25) is 14.8 Å². The summed E-state index contributed by atoms with van der Waals surface area (Å²) in [5, 5.41) is 11.9. The van der Waals surface area contributed by atoms with Gasteiger partial charge in [0.15, 0.2) is 0 Å². The quantitative estimate of drug-likeness (QED) is 0.530. The number of nitrogens with one attached hydrogen (secondary N) is 1. The number of aliphatic imine (C=N–C) groups is 1. The maximum Gasteiger partial charge on any atom is 0.252 e. The van der Waals surface area contributed by atoms with E-state index in [1.54, 1.807) is 42.6 Å². The second-order valence-corrected chi connectivity index (χ2v) is 7.84. The van der Waals surface area contributed by atoms with Crippen LogP contribution in [0.1, 0.15) is 27.2 Å². The Labute approximate surface area is 194 Å². The largest absolute Gasteiger partial charge is 0.393 e. The molecule has 2 heterocycles. The molecule has 174 valence electrons. The first kappa shape index (κ1) is 23.4. The van der Waals surface area contributed by atoms with Crippen molar-refractivity contribution in [2.24, 2.45) is 4.99 Å². The number of aliphatic hydroxyl groups excluding tert-OH is 1. The van der Waals surface area contributed by atoms with Crippen LogP contribution in [-0.4, -0.2) is 47.1 Å². The van der Waals surface area contributed by atoms with Crippen LogP contribution in [-0.2, 0) is 6.42 Å². The minimum Gasteiger partial charge on any atom is -0.393 e. The van der Waals surface area contributed by atoms with Crippen LogP contribution in [0.3, 0.4) is 0 Å². The third kappa shape index (κ3) is 5.23. The number of pyridine rings is 1. The topological polar surface area (TPSA) is 74.6 Å². The lowest BCUT2D eigenvalue weighted by Gasteiger charge is -2.22. The smallest absolute Gasteiger partial charge is 0.252 e. The minimum atomic E-state index is -1.74. The fourth-order valence-electron chi connectivity index (χ4n) is 3.78. The van der Waals surface area contributed by atoms with E-state index in [9.17, 15) is 23.1 Å². The molecular weight excluding hydrogens is 443 g/mol. The number of hydrogen-bond donors (Lipinski definition) is 2. The van der Waals surface area contributed by atoms with Crippen molar-refractivity contribution in [2.75, 3.05) is 13.2 Å². The number of hydrogen-bond acceptors (Lipinski definition) is 4. The maximum absolute atomic E-state index is 14.9. The van der Waals surface area contributed by atoms with Crippen molar-refractivity contribution in [3.63, 3.8) is 0 Å². The van der Waals surface area contributed by atoms with E-state index in [4.69, 9.17) is 0 Å². The SMILES string of the molecule is O=C(N[C@H](Cc1ccccn1)[C@@H](F)CO)c1cccc(F)c1C1=NCC(c2ccc(F)cc2)=C1. The van der Waals surface area contributed by atoms with Crippen molar-refractivity contribution in [3.05, 3.63) is 107 Å². The summed E-state index contributed by atoms with van der Waals surface area (Å²) in [5.41, 5.74) is 2.28. The van der Waals surface area contributed by atoms with Crippen LogP contribution in [0.2, 0.25) is 0 Å². The number of rotatable bonds is 8. The fraction of sp³-hybridized carbons (Fsp3) is 0.192. The van der Waals surface area contributed by atoms with Gasteiger partial charge in [0.25, 0.3) is 5.91 Å². The molecule has 1 amide bonds. The van der Waals surface area contributed by atoms with Crippen molar-refractivity contribution in [1.82, 2.24) is 10.3 Å². The Balaban J connectivity index is 1.60. The predicted octanol–water partition coefficient (Wildman–Crippen LogP) is 3.92. The van der Waals surface area contributed by atoms with Gasteiger partial charge in [0, 0.05) is 23.9 Å². The van der Waals surface area contributed by atoms with Crippen LogP contribution in [0.15, 0.2) is 77.9 Å². The molecule has 4 rings (SSSR count). The normalized spacial score (nSPS) is 14.8. The molecule has 3 aromatic rings. The average Bonchev–Trinajstić information content (AvgIpc) is 3.33. The molecule has 1 aliphatic rings. The number of aromatic nitrogens is 1. The van der Waals surface area contributed by atoms with Gasteiger partial charge in [0.2, 0.25) is 0 Å². The highest BCUT2D eigenvalue weighted by Gasteiger charge is 2.27. The Hall–Kier alpha value is -3.78. The number of carbonyl (C=O) groups is 1. The molecule has 8 heteroatoms. The van der Waals surface area contributed by atoms with Crippen molar-refractivity contribution in [1.29, 1.82) is 0 Å². The first-order valence-electron chi connectivity index (χ1n) is 10.7. The summed E-state index contributed by atoms with van der Waals surface area (Å²) in [6, 6.07) is 14.0. The van der Waals surface area contributed by atoms with Crippen molar-refractivity contribution in [3.8, 4) is 0 Å². The molecule has 2 aromatic carbocycles. The number of aliphatic hydroxyl groups is 1. The lowest BCUT2D eigenvalue weighted by atomic mass is 9.98. The number of amides is 1. The molecule has 0 unspecified atom stereocenters. The van der Waals surface area contributed by atoms with E-state index in [-0.39, 0.29) is 35.6 Å². The third-order valence-corrected chi connectivity index (χ3v) is 5.54. The van der Waals surface area contributed by atoms with Gasteiger partial charge in [0.1, 0.15) is 17.8 Å². The van der Waals surface area contributed by atoms with Crippen LogP contribution in [0.5, 0.6) is 0 Å². The molecule has 0 spiro atoms. The van der Waals surface area contributed by atoms with Gasteiger partial charge < -0.3 is 10.4 Å². The van der Waals surface area contributed by atoms with Gasteiger partial charge in [-0.15, -0.1) is 0 Å². The Morgan fingerprint density at radius 2 is 1.85 bits per heavy atom. The molecule has 1 aliphatic heterocycles. The summed E-state index contributed by atoms with van der Waals surface area (Å²) in [5.74, 6) is -1.72. The van der Waals surface area contributed by atoms with Crippen LogP contribution < -0.4 is 5.32 Å². The van der Waals surface area contributed by atoms with Gasteiger partial charge in [-0.1, -0.05) is 24.3 Å². The number of carbonyl (C=O) groups excluding carboxylic acids is 1. The Morgan fingerprint density at radius 1 is 1.06 bits per heavy atom. The van der Waals surface area contributed by atoms with E-state index >= 15 is 0 Å². The standard InChI is InChI=1S/C26H22F3N3O2/c27-18-9-7-16(8-10-18)17-12-24(31-14-17)25-20(5-3-6-21(25)28)26(34)32-23(22(29)15-33)13-19-4-1-2-11-30-19/h1-12,22-23,33H,13-15H2,(H,32,34)/t22-,23+/m0/s1. The zero-order chi connectivity index (χ0) is 24.1. The van der Waals surface area contributed by atoms with Gasteiger partial charge in [0.05, 0.1) is 30.5 Å². The summed E-state index contributed by atoms with van der Waals surface area (Å²) in [4.78, 5) is 21.6. The number of benzene rings is 2. The molecule has 0 fully saturated rings. The van der Waals surface area contributed by atoms with Gasteiger partial charge in [-0.2, -0.15) is 0 Å². The van der Waals surface area contributed by atoms with Crippen LogP contribution in [0, 0.1) is 11.6 Å². The van der Waals surface area contributed by atoms with Gasteiger partial charge >= 0.3 is 0 Å². The molecule has 0 radical (unpaired) electrons. The van der Waals surface area contributed by atoms with E-state index in [1.807, 2.05) is 0 Å². The summed E-state index contributed by atoms with van der Waals surface area (Å²) in [7, 11) is 0. The molecule has 0 bridgehead atoms. The predicted molar refractivity (Wildman–Crippen MR) is 123 cm³/mol. The van der Waals surface area contributed by atoms with Crippen LogP contribution in [0.4, 0.5) is 13.2 Å². The van der Waals surface area contributed by atoms with E-state index in [1.165, 1.54) is 30.3 Å². The Kier molecular flexibility index (Phi) is 7.18. The fourth-order valence-corrected chi connectivity index (χ4v) is 3.78. The summed E-state index contributed by atoms with van der Waals surface area (Å²) in [6.07, 6.45) is 1.51. The van der Waals surface area contributed by atoms with Gasteiger partial charge in [-0.25, -0.2) is 13.2 Å². The Morgan fingerprint density at radius 3 is 2.56 bits per heavy atom. The summed E-state index contributed by atoms with van der Waals surface area (Å²) in [6.45, 7) is -0.542. The second kappa shape index (κ2) is 10.4. The zero-order valence-electron chi connectivity index (χ0n) is 18.1. The molecule has 2 N–H and O–H groups in total. The third-order valence-electron chi connectivity index (χ3n) is 5.54. The molecule has 0 saturated heterocycles. The number of nitrogens with zero attached hydrogens (tertiary/aromatic N) is 2. The second-order valence-electron chi connectivity index (χ2n) is 7.84. The lowest BCUT2D eigenvalue weighted by molar-refractivity contribution is 0.0868. The van der Waals surface area contributed by atoms with E-state index in [2.05, 4.69) is 15.3 Å². The van der Waals surface area contributed by atoms with E-state index < -0.39 is 30.5 Å². The molecule has 34 heavy (non-hydrogen) atoms. The maximum atomic E-state index is 14.9. The number of allylic oxidation sites excluding steroid dienone is 1.